The Kier molecular flexibility index (Phi) is 11.3. The van der Waals surface area contributed by atoms with Gasteiger partial charge in [-0.1, -0.05) is 0 Å². The summed E-state index contributed by atoms with van der Waals surface area (Å²) in [6.07, 6.45) is 4.04. The van der Waals surface area contributed by atoms with Gasteiger partial charge in [0.25, 0.3) is 0 Å². The van der Waals surface area contributed by atoms with Crippen LogP contribution in [0, 0.1) is 0 Å². The molecule has 0 aliphatic heterocycles. The molecule has 0 amide bonds. The van der Waals surface area contributed by atoms with Crippen molar-refractivity contribution in [2.45, 2.75) is 60.3 Å². The quantitative estimate of drug-likeness (QED) is 0.297. The molecule has 0 saturated carbocycles. The molecule has 9 heteroatoms. The summed E-state index contributed by atoms with van der Waals surface area (Å²) in [6.45, 7) is 12.4. The van der Waals surface area contributed by atoms with Crippen molar-refractivity contribution in [1.82, 2.24) is 14.0 Å². The summed E-state index contributed by atoms with van der Waals surface area (Å²) < 4.78 is 43.4. The van der Waals surface area contributed by atoms with E-state index < -0.39 is 17.7 Å². The molecule has 0 atom stereocenters. The third kappa shape index (κ3) is 5.37. The average Bonchev–Trinajstić information content (AvgIpc) is 2.63. The summed E-state index contributed by atoms with van der Waals surface area (Å²) in [5, 5.41) is 0. The van der Waals surface area contributed by atoms with Gasteiger partial charge in [0.1, 0.15) is 0 Å². The zero-order chi connectivity index (χ0) is 20.5. The van der Waals surface area contributed by atoms with Crippen LogP contribution in [0.2, 0.25) is 0 Å². The van der Waals surface area contributed by atoms with Gasteiger partial charge in [-0.3, -0.25) is 0 Å². The van der Waals surface area contributed by atoms with Crippen LogP contribution in [-0.4, -0.2) is 76.0 Å². The summed E-state index contributed by atoms with van der Waals surface area (Å²) in [4.78, 5) is 0. The molecule has 0 aromatic carbocycles. The standard InChI is InChI=1S/C17H42N3O4PS/c1-9-14-16-23-26(21,22)24-25(17-15-10-2,18(6)11-3,19(7)12-4)20(8)13-5/h9-17H2,1-8H3. The first-order valence-electron chi connectivity index (χ1n) is 9.88. The van der Waals surface area contributed by atoms with E-state index in [2.05, 4.69) is 20.9 Å². The van der Waals surface area contributed by atoms with Gasteiger partial charge in [-0.15, -0.1) is 0 Å². The molecular formula is C17H42N3O4PS. The van der Waals surface area contributed by atoms with Gasteiger partial charge in [0, 0.05) is 0 Å². The molecule has 0 aliphatic rings. The molecule has 26 heavy (non-hydrogen) atoms. The van der Waals surface area contributed by atoms with Crippen LogP contribution in [0.3, 0.4) is 0 Å². The average molecular weight is 416 g/mol. The van der Waals surface area contributed by atoms with E-state index in [1.807, 2.05) is 48.8 Å². The molecule has 0 unspecified atom stereocenters. The molecule has 0 rings (SSSR count). The van der Waals surface area contributed by atoms with Gasteiger partial charge in [-0.05, 0) is 0 Å². The third-order valence-corrected chi connectivity index (χ3v) is 13.8. The van der Waals surface area contributed by atoms with E-state index >= 15 is 0 Å². The molecular weight excluding hydrogens is 373 g/mol. The molecule has 7 nitrogen and oxygen atoms in total. The summed E-state index contributed by atoms with van der Waals surface area (Å²) >= 11 is 0. The Hall–Kier alpha value is 0.180. The molecule has 0 N–H and O–H groups in total. The first kappa shape index (κ1) is 26.2. The van der Waals surface area contributed by atoms with E-state index in [0.717, 1.165) is 19.3 Å². The van der Waals surface area contributed by atoms with Crippen molar-refractivity contribution in [3.8, 4) is 0 Å². The molecule has 0 aromatic rings. The Labute approximate surface area is 162 Å². The predicted octanol–water partition coefficient (Wildman–Crippen LogP) is 3.93. The molecule has 160 valence electrons. The van der Waals surface area contributed by atoms with E-state index in [9.17, 15) is 8.42 Å². The topological polar surface area (TPSA) is 62.3 Å². The Balaban J connectivity index is 6.41. The van der Waals surface area contributed by atoms with E-state index in [1.54, 1.807) is 0 Å². The maximum atomic E-state index is 12.9. The zero-order valence-corrected chi connectivity index (χ0v) is 19.9. The van der Waals surface area contributed by atoms with Gasteiger partial charge in [0.05, 0.1) is 0 Å². The Morgan fingerprint density at radius 3 is 1.54 bits per heavy atom. The third-order valence-electron chi connectivity index (χ3n) is 5.30. The monoisotopic (exact) mass is 415 g/mol. The fourth-order valence-corrected chi connectivity index (χ4v) is 12.1. The summed E-state index contributed by atoms with van der Waals surface area (Å²) in [6, 6.07) is 0. The number of nitrogens with zero attached hydrogens (tertiary/aromatic N) is 3. The minimum absolute atomic E-state index is 0.153. The fourth-order valence-electron chi connectivity index (χ4n) is 3.30. The van der Waals surface area contributed by atoms with E-state index in [-0.39, 0.29) is 6.61 Å². The molecule has 0 aromatic heterocycles. The van der Waals surface area contributed by atoms with Crippen LogP contribution >= 0.6 is 7.28 Å². The Bertz CT molecular complexity index is 475. The van der Waals surface area contributed by atoms with Crippen LogP contribution in [0.15, 0.2) is 0 Å². The summed E-state index contributed by atoms with van der Waals surface area (Å²) in [5.74, 6) is 0. The maximum absolute atomic E-state index is 12.9. The molecule has 0 spiro atoms. The first-order valence-corrected chi connectivity index (χ1v) is 13.4. The Morgan fingerprint density at radius 2 is 1.19 bits per heavy atom. The van der Waals surface area contributed by atoms with E-state index in [0.29, 0.717) is 32.2 Å². The second-order valence-electron chi connectivity index (χ2n) is 6.72. The number of unbranched alkanes of at least 4 members (excludes halogenated alkanes) is 2. The van der Waals surface area contributed by atoms with E-state index in [4.69, 9.17) is 8.15 Å². The summed E-state index contributed by atoms with van der Waals surface area (Å²) in [5.41, 5.74) is 0. The van der Waals surface area contributed by atoms with Crippen molar-refractivity contribution < 1.29 is 16.6 Å². The van der Waals surface area contributed by atoms with Gasteiger partial charge in [0.15, 0.2) is 0 Å². The van der Waals surface area contributed by atoms with Crippen LogP contribution in [-0.2, 0) is 18.6 Å². The minimum atomic E-state index is -4.13. The van der Waals surface area contributed by atoms with Gasteiger partial charge in [-0.25, -0.2) is 0 Å². The van der Waals surface area contributed by atoms with Crippen LogP contribution in [0.1, 0.15) is 60.3 Å². The zero-order valence-electron chi connectivity index (χ0n) is 18.2. The second kappa shape index (κ2) is 11.2. The van der Waals surface area contributed by atoms with Crippen molar-refractivity contribution in [1.29, 1.82) is 0 Å². The van der Waals surface area contributed by atoms with Gasteiger partial charge in [0.2, 0.25) is 0 Å². The number of rotatable bonds is 15. The molecule has 0 bridgehead atoms. The van der Waals surface area contributed by atoms with Crippen molar-refractivity contribution in [3.05, 3.63) is 0 Å². The normalized spacial score (nSPS) is 15.0. The van der Waals surface area contributed by atoms with Crippen molar-refractivity contribution in [2.24, 2.45) is 0 Å². The van der Waals surface area contributed by atoms with Crippen LogP contribution in [0.25, 0.3) is 0 Å². The SMILES string of the molecule is CCCCOS(=O)(=O)OP(CCCC)(N(C)CC)(N(C)CC)N(C)CC. The van der Waals surface area contributed by atoms with Crippen molar-refractivity contribution in [3.63, 3.8) is 0 Å². The van der Waals surface area contributed by atoms with Gasteiger partial charge >= 0.3 is 162 Å². The van der Waals surface area contributed by atoms with Crippen molar-refractivity contribution in [2.75, 3.05) is 53.5 Å². The molecule has 0 saturated heterocycles. The molecule has 0 aliphatic carbocycles. The Morgan fingerprint density at radius 1 is 0.769 bits per heavy atom. The first-order chi connectivity index (χ1) is 12.1. The second-order valence-corrected chi connectivity index (χ2v) is 13.0. The van der Waals surface area contributed by atoms with Gasteiger partial charge in [-0.2, -0.15) is 0 Å². The molecule has 0 fully saturated rings. The van der Waals surface area contributed by atoms with Crippen molar-refractivity contribution >= 4 is 17.7 Å². The summed E-state index contributed by atoms with van der Waals surface area (Å²) in [7, 11) is -1.83. The molecule has 0 heterocycles. The fraction of sp³-hybridized carbons (Fsp3) is 1.00. The van der Waals surface area contributed by atoms with Crippen LogP contribution in [0.4, 0.5) is 0 Å². The predicted molar refractivity (Wildman–Crippen MR) is 112 cm³/mol. The van der Waals surface area contributed by atoms with Gasteiger partial charge < -0.3 is 0 Å². The number of hydrogen-bond donors (Lipinski definition) is 0. The van der Waals surface area contributed by atoms with E-state index in [1.165, 1.54) is 0 Å². The van der Waals surface area contributed by atoms with Crippen LogP contribution < -0.4 is 0 Å². The molecule has 0 radical (unpaired) electrons. The number of hydrogen-bond acceptors (Lipinski definition) is 7. The van der Waals surface area contributed by atoms with Crippen LogP contribution in [0.5, 0.6) is 0 Å².